The van der Waals surface area contributed by atoms with Crippen molar-refractivity contribution in [3.05, 3.63) is 0 Å². The third-order valence-corrected chi connectivity index (χ3v) is 4.45. The van der Waals surface area contributed by atoms with Gasteiger partial charge in [0.05, 0.1) is 0 Å². The summed E-state index contributed by atoms with van der Waals surface area (Å²) in [4.78, 5) is 8.86. The van der Waals surface area contributed by atoms with Crippen LogP contribution in [0.15, 0.2) is 4.99 Å². The van der Waals surface area contributed by atoms with Crippen molar-refractivity contribution in [3.8, 4) is 6.19 Å². The molecule has 2 saturated heterocycles. The summed E-state index contributed by atoms with van der Waals surface area (Å²) < 4.78 is 0. The van der Waals surface area contributed by atoms with Gasteiger partial charge < -0.3 is 4.90 Å². The Morgan fingerprint density at radius 1 is 1.41 bits per heavy atom. The molecule has 0 spiro atoms. The molecule has 2 fully saturated rings. The minimum absolute atomic E-state index is 0.462. The molecule has 0 amide bonds. The number of rotatable bonds is 0. The third-order valence-electron chi connectivity index (χ3n) is 3.76. The molecular formula is C12H20N4S. The molecule has 0 aliphatic carbocycles. The fourth-order valence-corrected chi connectivity index (χ4v) is 3.51. The molecule has 0 N–H and O–H groups in total. The van der Waals surface area contributed by atoms with E-state index in [0.717, 1.165) is 18.3 Å². The first-order valence-corrected chi connectivity index (χ1v) is 7.50. The number of nitrogens with zero attached hydrogens (tertiary/aromatic N) is 4. The van der Waals surface area contributed by atoms with E-state index in [1.807, 2.05) is 12.4 Å². The first kappa shape index (κ1) is 12.7. The number of piperazine rings is 1. The third kappa shape index (κ3) is 2.75. The Kier molecular flexibility index (Phi) is 4.30. The van der Waals surface area contributed by atoms with E-state index >= 15 is 0 Å². The molecule has 2 unspecified atom stereocenters. The van der Waals surface area contributed by atoms with Crippen LogP contribution in [-0.4, -0.2) is 52.9 Å². The van der Waals surface area contributed by atoms with Crippen LogP contribution >= 0.6 is 11.8 Å². The lowest BCUT2D eigenvalue weighted by atomic mass is 9.97. The fraction of sp³-hybridized carbons (Fsp3) is 0.833. The predicted molar refractivity (Wildman–Crippen MR) is 71.9 cm³/mol. The van der Waals surface area contributed by atoms with Crippen molar-refractivity contribution in [2.75, 3.05) is 25.9 Å². The number of hydrogen-bond acceptors (Lipinski definition) is 4. The highest BCUT2D eigenvalue weighted by atomic mass is 32.2. The SMILES string of the molecule is CSC(=NC#N)N1CC2CCCCN2CC1C. The van der Waals surface area contributed by atoms with Crippen molar-refractivity contribution < 1.29 is 0 Å². The van der Waals surface area contributed by atoms with E-state index in [4.69, 9.17) is 5.26 Å². The summed E-state index contributed by atoms with van der Waals surface area (Å²) in [5, 5.41) is 9.61. The Morgan fingerprint density at radius 3 is 2.94 bits per heavy atom. The van der Waals surface area contributed by atoms with Crippen LogP contribution in [0.25, 0.3) is 0 Å². The Morgan fingerprint density at radius 2 is 2.24 bits per heavy atom. The van der Waals surface area contributed by atoms with Crippen LogP contribution in [0.2, 0.25) is 0 Å². The van der Waals surface area contributed by atoms with Gasteiger partial charge in [0.1, 0.15) is 0 Å². The van der Waals surface area contributed by atoms with Gasteiger partial charge in [0.15, 0.2) is 5.17 Å². The zero-order valence-electron chi connectivity index (χ0n) is 10.6. The van der Waals surface area contributed by atoms with Gasteiger partial charge in [-0.05, 0) is 32.6 Å². The van der Waals surface area contributed by atoms with Gasteiger partial charge in [-0.25, -0.2) is 0 Å². The van der Waals surface area contributed by atoms with Crippen LogP contribution in [0.5, 0.6) is 0 Å². The summed E-state index contributed by atoms with van der Waals surface area (Å²) in [5.41, 5.74) is 0. The second-order valence-electron chi connectivity index (χ2n) is 4.84. The van der Waals surface area contributed by atoms with Crippen LogP contribution in [0.3, 0.4) is 0 Å². The quantitative estimate of drug-likeness (QED) is 0.374. The molecule has 4 nitrogen and oxygen atoms in total. The zero-order chi connectivity index (χ0) is 12.3. The maximum absolute atomic E-state index is 8.73. The number of nitriles is 1. The van der Waals surface area contributed by atoms with Gasteiger partial charge in [-0.15, -0.1) is 4.99 Å². The van der Waals surface area contributed by atoms with Crippen molar-refractivity contribution in [3.63, 3.8) is 0 Å². The van der Waals surface area contributed by atoms with Crippen molar-refractivity contribution >= 4 is 16.9 Å². The maximum atomic E-state index is 8.73. The van der Waals surface area contributed by atoms with E-state index in [2.05, 4.69) is 21.7 Å². The molecule has 0 radical (unpaired) electrons. The van der Waals surface area contributed by atoms with Crippen LogP contribution < -0.4 is 0 Å². The topological polar surface area (TPSA) is 42.6 Å². The molecule has 2 rings (SSSR count). The number of amidine groups is 1. The summed E-state index contributed by atoms with van der Waals surface area (Å²) in [6.45, 7) is 5.61. The minimum Gasteiger partial charge on any atom is -0.345 e. The smallest absolute Gasteiger partial charge is 0.208 e. The lowest BCUT2D eigenvalue weighted by Crippen LogP contribution is -2.59. The average Bonchev–Trinajstić information content (AvgIpc) is 2.35. The molecule has 5 heteroatoms. The number of thioether (sulfide) groups is 1. The van der Waals surface area contributed by atoms with Crippen molar-refractivity contribution in [1.29, 1.82) is 5.26 Å². The lowest BCUT2D eigenvalue weighted by Gasteiger charge is -2.48. The second-order valence-corrected chi connectivity index (χ2v) is 5.62. The molecule has 0 aromatic heterocycles. The molecule has 0 bridgehead atoms. The highest BCUT2D eigenvalue weighted by molar-refractivity contribution is 8.13. The lowest BCUT2D eigenvalue weighted by molar-refractivity contribution is 0.0519. The van der Waals surface area contributed by atoms with Gasteiger partial charge >= 0.3 is 0 Å². The Balaban J connectivity index is 2.09. The largest absolute Gasteiger partial charge is 0.345 e. The number of fused-ring (bicyclic) bond motifs is 1. The van der Waals surface area contributed by atoms with Crippen molar-refractivity contribution in [2.24, 2.45) is 4.99 Å². The summed E-state index contributed by atoms with van der Waals surface area (Å²) >= 11 is 1.58. The normalized spacial score (nSPS) is 30.9. The summed E-state index contributed by atoms with van der Waals surface area (Å²) in [6, 6.07) is 1.12. The van der Waals surface area contributed by atoms with Gasteiger partial charge in [0.25, 0.3) is 0 Å². The van der Waals surface area contributed by atoms with E-state index in [0.29, 0.717) is 12.1 Å². The number of aliphatic imine (C=N–C) groups is 1. The molecular weight excluding hydrogens is 232 g/mol. The number of piperidine rings is 1. The van der Waals surface area contributed by atoms with Gasteiger partial charge in [0.2, 0.25) is 6.19 Å². The molecule has 0 aromatic rings. The van der Waals surface area contributed by atoms with E-state index in [-0.39, 0.29) is 0 Å². The van der Waals surface area contributed by atoms with Crippen LogP contribution in [-0.2, 0) is 0 Å². The number of hydrogen-bond donors (Lipinski definition) is 0. The molecule has 0 aromatic carbocycles. The standard InChI is InChI=1S/C12H20N4S/c1-10-7-15-6-4-3-5-11(15)8-16(10)12(17-2)14-9-13/h10-11H,3-8H2,1-2H3. The van der Waals surface area contributed by atoms with Crippen molar-refractivity contribution in [2.45, 2.75) is 38.3 Å². The monoisotopic (exact) mass is 252 g/mol. The van der Waals surface area contributed by atoms with E-state index in [1.54, 1.807) is 11.8 Å². The molecule has 2 aliphatic heterocycles. The minimum atomic E-state index is 0.462. The second kappa shape index (κ2) is 5.74. The van der Waals surface area contributed by atoms with Gasteiger partial charge in [-0.1, -0.05) is 18.2 Å². The van der Waals surface area contributed by atoms with E-state index in [9.17, 15) is 0 Å². The van der Waals surface area contributed by atoms with Crippen LogP contribution in [0.4, 0.5) is 0 Å². The predicted octanol–water partition coefficient (Wildman–Crippen LogP) is 1.75. The Bertz CT molecular complexity index is 336. The molecule has 17 heavy (non-hydrogen) atoms. The summed E-state index contributed by atoms with van der Waals surface area (Å²) in [7, 11) is 0. The van der Waals surface area contributed by atoms with E-state index < -0.39 is 0 Å². The highest BCUT2D eigenvalue weighted by Gasteiger charge is 2.34. The Labute approximate surface area is 108 Å². The Hall–Kier alpha value is -0.730. The molecule has 2 heterocycles. The maximum Gasteiger partial charge on any atom is 0.208 e. The van der Waals surface area contributed by atoms with Gasteiger partial charge in [-0.2, -0.15) is 5.26 Å². The zero-order valence-corrected chi connectivity index (χ0v) is 11.4. The summed E-state index contributed by atoms with van der Waals surface area (Å²) in [6.07, 6.45) is 7.88. The van der Waals surface area contributed by atoms with Gasteiger partial charge in [0, 0.05) is 25.2 Å². The highest BCUT2D eigenvalue weighted by Crippen LogP contribution is 2.25. The average molecular weight is 252 g/mol. The van der Waals surface area contributed by atoms with Crippen LogP contribution in [0.1, 0.15) is 26.2 Å². The first-order chi connectivity index (χ1) is 8.26. The molecule has 2 aliphatic rings. The fourth-order valence-electron chi connectivity index (χ4n) is 2.89. The van der Waals surface area contributed by atoms with E-state index in [1.165, 1.54) is 25.8 Å². The summed E-state index contributed by atoms with van der Waals surface area (Å²) in [5.74, 6) is 0. The van der Waals surface area contributed by atoms with Crippen molar-refractivity contribution in [1.82, 2.24) is 9.80 Å². The molecule has 94 valence electrons. The van der Waals surface area contributed by atoms with Gasteiger partial charge in [-0.3, -0.25) is 4.90 Å². The van der Waals surface area contributed by atoms with Crippen LogP contribution in [0, 0.1) is 11.5 Å². The molecule has 0 saturated carbocycles. The first-order valence-electron chi connectivity index (χ1n) is 6.27. The molecule has 2 atom stereocenters.